The predicted octanol–water partition coefficient (Wildman–Crippen LogP) is 3.04. The molecule has 4 nitrogen and oxygen atoms in total. The van der Waals surface area contributed by atoms with Crippen molar-refractivity contribution in [1.82, 2.24) is 4.98 Å². The van der Waals surface area contributed by atoms with Crippen LogP contribution in [0.3, 0.4) is 0 Å². The summed E-state index contributed by atoms with van der Waals surface area (Å²) in [5, 5.41) is 0. The van der Waals surface area contributed by atoms with Gasteiger partial charge in [0, 0.05) is 24.7 Å². The summed E-state index contributed by atoms with van der Waals surface area (Å²) in [5.74, 6) is 0.0527. The molecule has 1 aromatic carbocycles. The molecule has 22 heavy (non-hydrogen) atoms. The minimum atomic E-state index is -0.0723. The zero-order valence-corrected chi connectivity index (χ0v) is 12.7. The molecule has 4 heteroatoms. The lowest BCUT2D eigenvalue weighted by molar-refractivity contribution is -0.123. The third-order valence-corrected chi connectivity index (χ3v) is 4.12. The molecule has 2 aromatic rings. The maximum atomic E-state index is 13.0. The Morgan fingerprint density at radius 1 is 1.23 bits per heavy atom. The van der Waals surface area contributed by atoms with Gasteiger partial charge in [0.2, 0.25) is 5.91 Å². The van der Waals surface area contributed by atoms with Gasteiger partial charge in [0.25, 0.3) is 0 Å². The van der Waals surface area contributed by atoms with Crippen molar-refractivity contribution in [2.24, 2.45) is 5.92 Å². The Morgan fingerprint density at radius 3 is 2.59 bits per heavy atom. The van der Waals surface area contributed by atoms with Crippen molar-refractivity contribution in [2.45, 2.75) is 26.0 Å². The molecule has 0 N–H and O–H groups in total. The molecule has 114 valence electrons. The van der Waals surface area contributed by atoms with Crippen molar-refractivity contribution in [3.63, 3.8) is 0 Å². The van der Waals surface area contributed by atoms with Crippen molar-refractivity contribution < 1.29 is 9.53 Å². The summed E-state index contributed by atoms with van der Waals surface area (Å²) in [6.07, 6.45) is 4.20. The molecule has 0 bridgehead atoms. The highest BCUT2D eigenvalue weighted by Crippen LogP contribution is 2.26. The van der Waals surface area contributed by atoms with E-state index in [0.29, 0.717) is 13.2 Å². The molecule has 1 aliphatic heterocycles. The van der Waals surface area contributed by atoms with E-state index in [1.807, 2.05) is 54.3 Å². The van der Waals surface area contributed by atoms with Crippen LogP contribution in [0.4, 0.5) is 5.69 Å². The van der Waals surface area contributed by atoms with Crippen LogP contribution in [0.25, 0.3) is 0 Å². The predicted molar refractivity (Wildman–Crippen MR) is 85.4 cm³/mol. The second-order valence-electron chi connectivity index (χ2n) is 5.59. The number of ether oxygens (including phenoxy) is 1. The summed E-state index contributed by atoms with van der Waals surface area (Å²) >= 11 is 0. The number of nitrogens with zero attached hydrogens (tertiary/aromatic N) is 2. The van der Waals surface area contributed by atoms with Crippen LogP contribution in [0.5, 0.6) is 0 Å². The van der Waals surface area contributed by atoms with Crippen LogP contribution in [0.2, 0.25) is 0 Å². The monoisotopic (exact) mass is 296 g/mol. The topological polar surface area (TPSA) is 42.4 Å². The first-order chi connectivity index (χ1) is 10.8. The summed E-state index contributed by atoms with van der Waals surface area (Å²) in [4.78, 5) is 18.9. The largest absolute Gasteiger partial charge is 0.378 e. The van der Waals surface area contributed by atoms with Gasteiger partial charge in [0.1, 0.15) is 0 Å². The van der Waals surface area contributed by atoms with Gasteiger partial charge in [-0.25, -0.2) is 0 Å². The van der Waals surface area contributed by atoms with Gasteiger partial charge in [-0.3, -0.25) is 9.78 Å². The molecule has 0 unspecified atom stereocenters. The fraction of sp³-hybridized carbons (Fsp3) is 0.333. The van der Waals surface area contributed by atoms with E-state index < -0.39 is 0 Å². The molecule has 0 saturated carbocycles. The highest BCUT2D eigenvalue weighted by molar-refractivity contribution is 5.95. The first-order valence-electron chi connectivity index (χ1n) is 7.62. The lowest BCUT2D eigenvalue weighted by Gasteiger charge is -2.27. The van der Waals surface area contributed by atoms with Crippen LogP contribution < -0.4 is 4.90 Å². The van der Waals surface area contributed by atoms with Gasteiger partial charge >= 0.3 is 0 Å². The van der Waals surface area contributed by atoms with E-state index in [9.17, 15) is 4.79 Å². The van der Waals surface area contributed by atoms with Crippen LogP contribution >= 0.6 is 0 Å². The minimum Gasteiger partial charge on any atom is -0.378 e. The molecule has 2 heterocycles. The number of carbonyl (C=O) groups excluding carboxylic acids is 1. The first kappa shape index (κ1) is 14.7. The molecule has 1 aliphatic rings. The van der Waals surface area contributed by atoms with E-state index in [1.54, 1.807) is 12.4 Å². The molecule has 0 radical (unpaired) electrons. The van der Waals surface area contributed by atoms with Crippen molar-refractivity contribution in [1.29, 1.82) is 0 Å². The van der Waals surface area contributed by atoms with Crippen molar-refractivity contribution in [3.05, 3.63) is 60.4 Å². The average Bonchev–Trinajstić information content (AvgIpc) is 3.00. The van der Waals surface area contributed by atoms with Gasteiger partial charge < -0.3 is 9.64 Å². The summed E-state index contributed by atoms with van der Waals surface area (Å²) in [7, 11) is 0. The highest BCUT2D eigenvalue weighted by Gasteiger charge is 2.34. The van der Waals surface area contributed by atoms with Crippen LogP contribution in [-0.2, 0) is 16.1 Å². The van der Waals surface area contributed by atoms with Gasteiger partial charge in [-0.15, -0.1) is 0 Å². The third kappa shape index (κ3) is 3.17. The molecule has 3 rings (SSSR count). The highest BCUT2D eigenvalue weighted by atomic mass is 16.5. The molecular weight excluding hydrogens is 276 g/mol. The number of aromatic nitrogens is 1. The van der Waals surface area contributed by atoms with Crippen molar-refractivity contribution >= 4 is 11.6 Å². The number of hydrogen-bond donors (Lipinski definition) is 0. The lowest BCUT2D eigenvalue weighted by atomic mass is 10.00. The molecule has 1 amide bonds. The fourth-order valence-corrected chi connectivity index (χ4v) is 2.84. The number of benzene rings is 1. The number of rotatable bonds is 4. The van der Waals surface area contributed by atoms with Gasteiger partial charge in [0.05, 0.1) is 18.6 Å². The summed E-state index contributed by atoms with van der Waals surface area (Å²) in [5.41, 5.74) is 1.99. The second-order valence-corrected chi connectivity index (χ2v) is 5.59. The van der Waals surface area contributed by atoms with Crippen LogP contribution in [-0.4, -0.2) is 23.6 Å². The Labute approximate surface area is 130 Å². The van der Waals surface area contributed by atoms with E-state index in [0.717, 1.165) is 17.7 Å². The molecular formula is C18H20N2O2. The molecule has 1 fully saturated rings. The lowest BCUT2D eigenvalue weighted by Crippen LogP contribution is -2.38. The van der Waals surface area contributed by atoms with E-state index in [-0.39, 0.29) is 17.9 Å². The summed E-state index contributed by atoms with van der Waals surface area (Å²) in [6, 6.07) is 13.8. The zero-order chi connectivity index (χ0) is 15.4. The Bertz CT molecular complexity index is 615. The third-order valence-electron chi connectivity index (χ3n) is 4.12. The van der Waals surface area contributed by atoms with Crippen LogP contribution in [0, 0.1) is 5.92 Å². The number of amides is 1. The maximum absolute atomic E-state index is 13.0. The Balaban J connectivity index is 1.87. The average molecular weight is 296 g/mol. The summed E-state index contributed by atoms with van der Waals surface area (Å²) in [6.45, 7) is 3.20. The smallest absolute Gasteiger partial charge is 0.233 e. The number of anilines is 1. The van der Waals surface area contributed by atoms with E-state index >= 15 is 0 Å². The second kappa shape index (κ2) is 6.71. The standard InChI is InChI=1S/C18H20N2O2/c1-14-17(9-12-22-14)18(21)20(16-7-10-19-11-8-16)13-15-5-3-2-4-6-15/h2-8,10-11,14,17H,9,12-13H2,1H3/t14-,17+/m0/s1. The maximum Gasteiger partial charge on any atom is 0.233 e. The van der Waals surface area contributed by atoms with Gasteiger partial charge in [-0.2, -0.15) is 0 Å². The van der Waals surface area contributed by atoms with Gasteiger partial charge in [0.15, 0.2) is 0 Å². The van der Waals surface area contributed by atoms with Gasteiger partial charge in [-0.05, 0) is 31.0 Å². The number of carbonyl (C=O) groups is 1. The van der Waals surface area contributed by atoms with Crippen LogP contribution in [0.1, 0.15) is 18.9 Å². The van der Waals surface area contributed by atoms with E-state index in [1.165, 1.54) is 0 Å². The SMILES string of the molecule is C[C@@H]1OCC[C@H]1C(=O)N(Cc1ccccc1)c1ccncc1. The molecule has 1 saturated heterocycles. The van der Waals surface area contributed by atoms with E-state index in [4.69, 9.17) is 4.74 Å². The van der Waals surface area contributed by atoms with Crippen molar-refractivity contribution in [3.8, 4) is 0 Å². The number of hydrogen-bond acceptors (Lipinski definition) is 3. The van der Waals surface area contributed by atoms with E-state index in [2.05, 4.69) is 4.98 Å². The van der Waals surface area contributed by atoms with Crippen LogP contribution in [0.15, 0.2) is 54.9 Å². The quantitative estimate of drug-likeness (QED) is 0.871. The number of pyridine rings is 1. The normalized spacial score (nSPS) is 20.8. The first-order valence-corrected chi connectivity index (χ1v) is 7.62. The minimum absolute atomic E-state index is 0.0207. The fourth-order valence-electron chi connectivity index (χ4n) is 2.84. The Kier molecular flexibility index (Phi) is 4.49. The zero-order valence-electron chi connectivity index (χ0n) is 12.7. The van der Waals surface area contributed by atoms with Crippen molar-refractivity contribution in [2.75, 3.05) is 11.5 Å². The Hall–Kier alpha value is -2.20. The molecule has 0 aliphatic carbocycles. The molecule has 2 atom stereocenters. The van der Waals surface area contributed by atoms with Gasteiger partial charge in [-0.1, -0.05) is 30.3 Å². The summed E-state index contributed by atoms with van der Waals surface area (Å²) < 4.78 is 5.56. The molecule has 0 spiro atoms. The molecule has 1 aromatic heterocycles. The Morgan fingerprint density at radius 2 is 1.95 bits per heavy atom.